The van der Waals surface area contributed by atoms with E-state index in [9.17, 15) is 9.59 Å². The molecule has 26 heavy (non-hydrogen) atoms. The van der Waals surface area contributed by atoms with Gasteiger partial charge < -0.3 is 5.32 Å². The highest BCUT2D eigenvalue weighted by atomic mass is 32.1. The van der Waals surface area contributed by atoms with Crippen LogP contribution in [0.2, 0.25) is 0 Å². The Hall–Kier alpha value is -2.66. The van der Waals surface area contributed by atoms with Gasteiger partial charge in [-0.15, -0.1) is 6.58 Å². The Morgan fingerprint density at radius 1 is 1.19 bits per heavy atom. The molecule has 4 nitrogen and oxygen atoms in total. The van der Waals surface area contributed by atoms with Crippen molar-refractivity contribution in [1.29, 1.82) is 0 Å². The lowest BCUT2D eigenvalue weighted by Gasteiger charge is -2.19. The molecule has 1 heterocycles. The number of amides is 1. The lowest BCUT2D eigenvalue weighted by Crippen LogP contribution is -2.14. The second-order valence-electron chi connectivity index (χ2n) is 7.23. The molecule has 0 saturated heterocycles. The predicted molar refractivity (Wildman–Crippen MR) is 109 cm³/mol. The van der Waals surface area contributed by atoms with Gasteiger partial charge in [-0.05, 0) is 41.3 Å². The number of fused-ring (bicyclic) bond motifs is 1. The summed E-state index contributed by atoms with van der Waals surface area (Å²) in [6, 6.07) is 13.2. The zero-order valence-corrected chi connectivity index (χ0v) is 16.0. The molecule has 3 rings (SSSR count). The van der Waals surface area contributed by atoms with E-state index in [1.807, 2.05) is 42.5 Å². The van der Waals surface area contributed by atoms with Crippen molar-refractivity contribution in [2.24, 2.45) is 0 Å². The molecule has 0 radical (unpaired) electrons. The summed E-state index contributed by atoms with van der Waals surface area (Å²) in [4.78, 5) is 24.5. The van der Waals surface area contributed by atoms with Crippen LogP contribution in [0.3, 0.4) is 0 Å². The minimum Gasteiger partial charge on any atom is -0.322 e. The summed E-state index contributed by atoms with van der Waals surface area (Å²) in [6.07, 6.45) is 1.70. The van der Waals surface area contributed by atoms with Crippen molar-refractivity contribution in [2.45, 2.75) is 32.7 Å². The summed E-state index contributed by atoms with van der Waals surface area (Å²) < 4.78 is 2.52. The van der Waals surface area contributed by atoms with Gasteiger partial charge in [0.1, 0.15) is 0 Å². The summed E-state index contributed by atoms with van der Waals surface area (Å²) in [6.45, 7) is 10.6. The number of hydrogen-bond donors (Lipinski definition) is 1. The maximum Gasteiger partial charge on any atom is 0.308 e. The molecule has 134 valence electrons. The van der Waals surface area contributed by atoms with Crippen molar-refractivity contribution in [3.8, 4) is 0 Å². The fraction of sp³-hybridized carbons (Fsp3) is 0.238. The van der Waals surface area contributed by atoms with Gasteiger partial charge in [-0.25, -0.2) is 0 Å². The van der Waals surface area contributed by atoms with Crippen LogP contribution in [0.5, 0.6) is 0 Å². The molecule has 0 bridgehead atoms. The third-order valence-electron chi connectivity index (χ3n) is 4.25. The maximum absolute atomic E-state index is 12.5. The molecule has 0 aliphatic rings. The number of rotatable bonds is 4. The molecule has 3 aromatic rings. The van der Waals surface area contributed by atoms with E-state index in [1.54, 1.807) is 10.6 Å². The van der Waals surface area contributed by atoms with E-state index >= 15 is 0 Å². The summed E-state index contributed by atoms with van der Waals surface area (Å²) in [7, 11) is 0. The lowest BCUT2D eigenvalue weighted by atomic mass is 9.87. The first kappa shape index (κ1) is 18.1. The summed E-state index contributed by atoms with van der Waals surface area (Å²) in [5.41, 5.74) is 3.37. The van der Waals surface area contributed by atoms with E-state index in [-0.39, 0.29) is 16.2 Å². The number of allylic oxidation sites excluding steroid dienone is 1. The van der Waals surface area contributed by atoms with Crippen LogP contribution in [0.15, 0.2) is 59.9 Å². The average Bonchev–Trinajstić information content (AvgIpc) is 2.89. The smallest absolute Gasteiger partial charge is 0.308 e. The average molecular weight is 366 g/mol. The van der Waals surface area contributed by atoms with Crippen LogP contribution in [0.25, 0.3) is 10.2 Å². The van der Waals surface area contributed by atoms with Gasteiger partial charge in [0.05, 0.1) is 10.2 Å². The van der Waals surface area contributed by atoms with Gasteiger partial charge in [0.25, 0.3) is 5.91 Å². The Kier molecular flexibility index (Phi) is 4.83. The third-order valence-corrected chi connectivity index (χ3v) is 5.19. The van der Waals surface area contributed by atoms with Crippen LogP contribution < -0.4 is 10.2 Å². The molecule has 0 aliphatic heterocycles. The van der Waals surface area contributed by atoms with Gasteiger partial charge in [-0.3, -0.25) is 14.2 Å². The van der Waals surface area contributed by atoms with Gasteiger partial charge in [-0.1, -0.05) is 50.3 Å². The Morgan fingerprint density at radius 3 is 2.50 bits per heavy atom. The Balaban J connectivity index is 1.83. The van der Waals surface area contributed by atoms with Gasteiger partial charge >= 0.3 is 4.87 Å². The summed E-state index contributed by atoms with van der Waals surface area (Å²) in [5, 5.41) is 2.91. The molecule has 5 heteroatoms. The Bertz CT molecular complexity index is 1020. The molecular formula is C21H22N2O2S. The van der Waals surface area contributed by atoms with E-state index in [2.05, 4.69) is 32.7 Å². The molecule has 0 spiro atoms. The van der Waals surface area contributed by atoms with Crippen molar-refractivity contribution in [3.05, 3.63) is 75.9 Å². The standard InChI is InChI=1S/C21H22N2O2S/c1-5-12-23-17-11-10-16(13-18(17)26-20(23)25)22-19(24)14-6-8-15(9-7-14)21(2,3)4/h5-11,13H,1,12H2,2-4H3,(H,22,24). The first-order chi connectivity index (χ1) is 12.3. The molecule has 0 fully saturated rings. The third kappa shape index (κ3) is 3.63. The van der Waals surface area contributed by atoms with Crippen LogP contribution in [-0.4, -0.2) is 10.5 Å². The largest absolute Gasteiger partial charge is 0.322 e. The molecule has 1 N–H and O–H groups in total. The zero-order valence-electron chi connectivity index (χ0n) is 15.2. The lowest BCUT2D eigenvalue weighted by molar-refractivity contribution is 0.102. The Labute approximate surface area is 156 Å². The highest BCUT2D eigenvalue weighted by Crippen LogP contribution is 2.24. The second kappa shape index (κ2) is 6.92. The van der Waals surface area contributed by atoms with Gasteiger partial charge in [0, 0.05) is 17.8 Å². The van der Waals surface area contributed by atoms with Gasteiger partial charge in [0.15, 0.2) is 0 Å². The maximum atomic E-state index is 12.5. The van der Waals surface area contributed by atoms with Crippen molar-refractivity contribution in [3.63, 3.8) is 0 Å². The van der Waals surface area contributed by atoms with Gasteiger partial charge in [-0.2, -0.15) is 0 Å². The number of carbonyl (C=O) groups excluding carboxylic acids is 1. The van der Waals surface area contributed by atoms with E-state index < -0.39 is 0 Å². The molecule has 1 aromatic heterocycles. The van der Waals surface area contributed by atoms with Crippen LogP contribution in [0.1, 0.15) is 36.7 Å². The van der Waals surface area contributed by atoms with Gasteiger partial charge in [0.2, 0.25) is 0 Å². The fourth-order valence-corrected chi connectivity index (χ4v) is 3.71. The van der Waals surface area contributed by atoms with Crippen LogP contribution in [0, 0.1) is 0 Å². The number of thiazole rings is 1. The number of carbonyl (C=O) groups is 1. The minimum absolute atomic E-state index is 0.0267. The summed E-state index contributed by atoms with van der Waals surface area (Å²) in [5.74, 6) is -0.164. The van der Waals surface area contributed by atoms with Crippen molar-refractivity contribution in [2.75, 3.05) is 5.32 Å². The molecule has 0 atom stereocenters. The predicted octanol–water partition coefficient (Wildman–Crippen LogP) is 4.80. The molecular weight excluding hydrogens is 344 g/mol. The number of nitrogens with one attached hydrogen (secondary N) is 1. The molecule has 0 aliphatic carbocycles. The van der Waals surface area contributed by atoms with E-state index in [0.29, 0.717) is 17.8 Å². The monoisotopic (exact) mass is 366 g/mol. The molecule has 0 saturated carbocycles. The van der Waals surface area contributed by atoms with Crippen LogP contribution in [0.4, 0.5) is 5.69 Å². The molecule has 1 amide bonds. The number of anilines is 1. The SMILES string of the molecule is C=CCn1c(=O)sc2cc(NC(=O)c3ccc(C(C)(C)C)cc3)ccc21. The highest BCUT2D eigenvalue weighted by Gasteiger charge is 2.15. The second-order valence-corrected chi connectivity index (χ2v) is 8.22. The number of aromatic nitrogens is 1. The first-order valence-corrected chi connectivity index (χ1v) is 9.27. The fourth-order valence-electron chi connectivity index (χ4n) is 2.77. The number of benzene rings is 2. The van der Waals surface area contributed by atoms with Crippen molar-refractivity contribution < 1.29 is 4.79 Å². The van der Waals surface area contributed by atoms with Crippen molar-refractivity contribution >= 4 is 33.1 Å². The Morgan fingerprint density at radius 2 is 1.88 bits per heavy atom. The summed E-state index contributed by atoms with van der Waals surface area (Å²) >= 11 is 1.17. The van der Waals surface area contributed by atoms with E-state index in [1.165, 1.54) is 16.9 Å². The van der Waals surface area contributed by atoms with E-state index in [0.717, 1.165) is 10.2 Å². The van der Waals surface area contributed by atoms with Crippen molar-refractivity contribution in [1.82, 2.24) is 4.57 Å². The highest BCUT2D eigenvalue weighted by molar-refractivity contribution is 7.16. The van der Waals surface area contributed by atoms with E-state index in [4.69, 9.17) is 0 Å². The first-order valence-electron chi connectivity index (χ1n) is 8.46. The molecule has 0 unspecified atom stereocenters. The minimum atomic E-state index is -0.164. The zero-order chi connectivity index (χ0) is 18.9. The molecule has 2 aromatic carbocycles. The van der Waals surface area contributed by atoms with Crippen LogP contribution in [-0.2, 0) is 12.0 Å². The quantitative estimate of drug-likeness (QED) is 0.674. The number of nitrogens with zero attached hydrogens (tertiary/aromatic N) is 1. The normalized spacial score (nSPS) is 11.5. The topological polar surface area (TPSA) is 51.1 Å². The number of hydrogen-bond acceptors (Lipinski definition) is 3. The van der Waals surface area contributed by atoms with Crippen LogP contribution >= 0.6 is 11.3 Å².